The van der Waals surface area contributed by atoms with Crippen LogP contribution >= 0.6 is 0 Å². The second-order valence-electron chi connectivity index (χ2n) is 5.64. The molecule has 0 saturated heterocycles. The van der Waals surface area contributed by atoms with Gasteiger partial charge in [0.1, 0.15) is 12.1 Å². The lowest BCUT2D eigenvalue weighted by Gasteiger charge is -2.11. The van der Waals surface area contributed by atoms with Crippen molar-refractivity contribution < 1.29 is 13.6 Å². The van der Waals surface area contributed by atoms with Crippen LogP contribution in [0.15, 0.2) is 42.7 Å². The van der Waals surface area contributed by atoms with Crippen molar-refractivity contribution in [3.05, 3.63) is 48.3 Å². The highest BCUT2D eigenvalue weighted by molar-refractivity contribution is 5.83. The Hall–Kier alpha value is -2.83. The lowest BCUT2D eigenvalue weighted by Crippen LogP contribution is -2.26. The van der Waals surface area contributed by atoms with Gasteiger partial charge < -0.3 is 4.90 Å². The van der Waals surface area contributed by atoms with Gasteiger partial charge in [-0.25, -0.2) is 8.78 Å². The van der Waals surface area contributed by atoms with Crippen LogP contribution in [0.1, 0.15) is 12.0 Å². The molecule has 0 unspecified atom stereocenters. The summed E-state index contributed by atoms with van der Waals surface area (Å²) in [5, 5.41) is 4.18. The highest BCUT2D eigenvalue weighted by atomic mass is 19.3. The molecule has 0 atom stereocenters. The first kappa shape index (κ1) is 16.0. The second-order valence-corrected chi connectivity index (χ2v) is 5.64. The Morgan fingerprint density at radius 2 is 2.00 bits per heavy atom. The number of likely N-dealkylation sites (N-methyl/N-ethyl adjacent to an activating group) is 1. The van der Waals surface area contributed by atoms with Gasteiger partial charge in [-0.1, -0.05) is 18.2 Å². The minimum Gasteiger partial charge on any atom is -0.347 e. The van der Waals surface area contributed by atoms with Gasteiger partial charge >= 0.3 is 0 Å². The topological polar surface area (TPSA) is 51.0 Å². The number of nitrogens with zero attached hydrogens (tertiary/aromatic N) is 4. The number of rotatable bonds is 4. The van der Waals surface area contributed by atoms with Crippen LogP contribution in [0.2, 0.25) is 0 Å². The smallest absolute Gasteiger partial charge is 0.263 e. The highest BCUT2D eigenvalue weighted by Gasteiger charge is 2.12. The fraction of sp³-hybridized carbons (Fsp3) is 0.235. The molecular weight excluding hydrogens is 314 g/mol. The van der Waals surface area contributed by atoms with E-state index in [9.17, 15) is 13.6 Å². The highest BCUT2D eigenvalue weighted by Crippen LogP contribution is 2.27. The molecule has 5 nitrogen and oxygen atoms in total. The van der Waals surface area contributed by atoms with Crippen LogP contribution in [0, 0.1) is 0 Å². The van der Waals surface area contributed by atoms with E-state index in [1.165, 1.54) is 17.0 Å². The molecule has 0 aliphatic carbocycles. The quantitative estimate of drug-likeness (QED) is 0.738. The van der Waals surface area contributed by atoms with Crippen molar-refractivity contribution in [1.29, 1.82) is 0 Å². The number of carbonyl (C=O) groups excluding carboxylic acids is 1. The maximum atomic E-state index is 12.9. The summed E-state index contributed by atoms with van der Waals surface area (Å²) in [4.78, 5) is 17.7. The van der Waals surface area contributed by atoms with Crippen LogP contribution in [0.3, 0.4) is 0 Å². The standard InChI is InChI=1S/C17H16F2N4O/c1-22(2)16(24)10-23-15-7-13(8-20-14(15)9-21-23)11-4-3-5-12(6-11)17(18)19/h3-9,17H,10H2,1-2H3. The summed E-state index contributed by atoms with van der Waals surface area (Å²) in [5.41, 5.74) is 2.64. The number of benzene rings is 1. The van der Waals surface area contributed by atoms with Gasteiger partial charge in [-0.2, -0.15) is 5.10 Å². The molecule has 3 rings (SSSR count). The summed E-state index contributed by atoms with van der Waals surface area (Å²) >= 11 is 0. The Labute approximate surface area is 137 Å². The molecule has 0 fully saturated rings. The van der Waals surface area contributed by atoms with Gasteiger partial charge in [0.15, 0.2) is 0 Å². The van der Waals surface area contributed by atoms with E-state index < -0.39 is 6.43 Å². The van der Waals surface area contributed by atoms with Crippen molar-refractivity contribution >= 4 is 16.9 Å². The molecule has 1 aromatic carbocycles. The van der Waals surface area contributed by atoms with E-state index in [0.29, 0.717) is 22.2 Å². The number of amides is 1. The minimum atomic E-state index is -2.52. The third-order valence-corrected chi connectivity index (χ3v) is 3.75. The monoisotopic (exact) mass is 330 g/mol. The summed E-state index contributed by atoms with van der Waals surface area (Å²) in [6, 6.07) is 7.98. The van der Waals surface area contributed by atoms with E-state index in [1.54, 1.807) is 43.3 Å². The zero-order chi connectivity index (χ0) is 17.3. The molecule has 0 aliphatic heterocycles. The van der Waals surface area contributed by atoms with Gasteiger partial charge in [0.2, 0.25) is 5.91 Å². The molecule has 0 spiro atoms. The average Bonchev–Trinajstić information content (AvgIpc) is 2.97. The van der Waals surface area contributed by atoms with E-state index in [0.717, 1.165) is 0 Å². The predicted molar refractivity (Wildman–Crippen MR) is 86.6 cm³/mol. The fourth-order valence-electron chi connectivity index (χ4n) is 2.36. The molecule has 0 aliphatic rings. The summed E-state index contributed by atoms with van der Waals surface area (Å²) in [6.07, 6.45) is 0.675. The Balaban J connectivity index is 2.01. The van der Waals surface area contributed by atoms with Gasteiger partial charge in [-0.15, -0.1) is 0 Å². The molecule has 3 aromatic rings. The number of carbonyl (C=O) groups is 1. The molecule has 2 heterocycles. The summed E-state index contributed by atoms with van der Waals surface area (Å²) in [5.74, 6) is -0.0925. The van der Waals surface area contributed by atoms with E-state index in [-0.39, 0.29) is 18.0 Å². The number of aromatic nitrogens is 3. The lowest BCUT2D eigenvalue weighted by molar-refractivity contribution is -0.129. The average molecular weight is 330 g/mol. The van der Waals surface area contributed by atoms with Crippen LogP contribution in [-0.4, -0.2) is 39.7 Å². The molecule has 7 heteroatoms. The Morgan fingerprint density at radius 3 is 2.71 bits per heavy atom. The van der Waals surface area contributed by atoms with Crippen molar-refractivity contribution in [2.45, 2.75) is 13.0 Å². The van der Waals surface area contributed by atoms with Crippen LogP contribution < -0.4 is 0 Å². The van der Waals surface area contributed by atoms with Crippen molar-refractivity contribution in [2.24, 2.45) is 0 Å². The molecule has 0 radical (unpaired) electrons. The van der Waals surface area contributed by atoms with Gasteiger partial charge in [-0.05, 0) is 17.7 Å². The first-order valence-electron chi connectivity index (χ1n) is 7.36. The number of hydrogen-bond donors (Lipinski definition) is 0. The minimum absolute atomic E-state index is 0.0381. The summed E-state index contributed by atoms with van der Waals surface area (Å²) in [7, 11) is 3.35. The third-order valence-electron chi connectivity index (χ3n) is 3.75. The zero-order valence-corrected chi connectivity index (χ0v) is 13.3. The first-order valence-corrected chi connectivity index (χ1v) is 7.36. The molecular formula is C17H16F2N4O. The molecule has 0 saturated carbocycles. The van der Waals surface area contributed by atoms with E-state index in [1.807, 2.05) is 6.07 Å². The zero-order valence-electron chi connectivity index (χ0n) is 13.3. The first-order chi connectivity index (χ1) is 11.5. The van der Waals surface area contributed by atoms with Crippen LogP contribution in [0.25, 0.3) is 22.2 Å². The van der Waals surface area contributed by atoms with Gasteiger partial charge in [0, 0.05) is 31.4 Å². The van der Waals surface area contributed by atoms with E-state index >= 15 is 0 Å². The van der Waals surface area contributed by atoms with Crippen LogP contribution in [0.5, 0.6) is 0 Å². The van der Waals surface area contributed by atoms with Crippen molar-refractivity contribution in [2.75, 3.05) is 14.1 Å². The van der Waals surface area contributed by atoms with Crippen LogP contribution in [-0.2, 0) is 11.3 Å². The predicted octanol–water partition coefficient (Wildman–Crippen LogP) is 3.12. The number of halogens is 2. The third kappa shape index (κ3) is 3.10. The van der Waals surface area contributed by atoms with Gasteiger partial charge in [0.05, 0.1) is 11.7 Å². The largest absolute Gasteiger partial charge is 0.347 e. The maximum Gasteiger partial charge on any atom is 0.263 e. The molecule has 24 heavy (non-hydrogen) atoms. The fourth-order valence-corrected chi connectivity index (χ4v) is 2.36. The second kappa shape index (κ2) is 6.35. The molecule has 1 amide bonds. The molecule has 0 N–H and O–H groups in total. The number of hydrogen-bond acceptors (Lipinski definition) is 3. The van der Waals surface area contributed by atoms with Crippen molar-refractivity contribution in [3.8, 4) is 11.1 Å². The number of alkyl halides is 2. The van der Waals surface area contributed by atoms with Gasteiger partial charge in [0.25, 0.3) is 6.43 Å². The molecule has 2 aromatic heterocycles. The van der Waals surface area contributed by atoms with Crippen LogP contribution in [0.4, 0.5) is 8.78 Å². The van der Waals surface area contributed by atoms with E-state index in [4.69, 9.17) is 0 Å². The summed E-state index contributed by atoms with van der Waals surface area (Å²) < 4.78 is 27.3. The number of fused-ring (bicyclic) bond motifs is 1. The van der Waals surface area contributed by atoms with Crippen molar-refractivity contribution in [3.63, 3.8) is 0 Å². The van der Waals surface area contributed by atoms with Crippen molar-refractivity contribution in [1.82, 2.24) is 19.7 Å². The number of pyridine rings is 1. The normalized spacial score (nSPS) is 11.2. The lowest BCUT2D eigenvalue weighted by atomic mass is 10.0. The SMILES string of the molecule is CN(C)C(=O)Cn1ncc2ncc(-c3cccc(C(F)F)c3)cc21. The maximum absolute atomic E-state index is 12.9. The summed E-state index contributed by atoms with van der Waals surface area (Å²) in [6.45, 7) is 0.0959. The Bertz CT molecular complexity index is 889. The molecule has 0 bridgehead atoms. The molecule has 124 valence electrons. The van der Waals surface area contributed by atoms with E-state index in [2.05, 4.69) is 10.1 Å². The Kier molecular flexibility index (Phi) is 4.24. The van der Waals surface area contributed by atoms with Gasteiger partial charge in [-0.3, -0.25) is 14.5 Å². The Morgan fingerprint density at radius 1 is 1.21 bits per heavy atom.